The number of aryl methyl sites for hydroxylation is 1. The lowest BCUT2D eigenvalue weighted by molar-refractivity contribution is 1.26. The van der Waals surface area contributed by atoms with Crippen molar-refractivity contribution in [2.45, 2.75) is 6.92 Å². The van der Waals surface area contributed by atoms with Crippen LogP contribution in [0.25, 0.3) is 0 Å². The number of aromatic nitrogens is 1. The maximum atomic E-state index is 5.93. The van der Waals surface area contributed by atoms with Gasteiger partial charge in [0.1, 0.15) is 11.0 Å². The smallest absolute Gasteiger partial charge is 0.134 e. The average Bonchev–Trinajstić information content (AvgIpc) is 2.25. The molecule has 2 rings (SSSR count). The van der Waals surface area contributed by atoms with Crippen molar-refractivity contribution in [3.8, 4) is 0 Å². The third-order valence-corrected chi connectivity index (χ3v) is 2.46. The van der Waals surface area contributed by atoms with Crippen molar-refractivity contribution in [2.75, 3.05) is 5.32 Å². The largest absolute Gasteiger partial charge is 0.340 e. The lowest BCUT2D eigenvalue weighted by Crippen LogP contribution is -1.93. The van der Waals surface area contributed by atoms with Crippen molar-refractivity contribution in [1.82, 2.24) is 4.98 Å². The molecule has 15 heavy (non-hydrogen) atoms. The molecule has 0 atom stereocenters. The predicted octanol–water partition coefficient (Wildman–Crippen LogP) is 3.79. The summed E-state index contributed by atoms with van der Waals surface area (Å²) < 4.78 is 0. The Morgan fingerprint density at radius 1 is 1.07 bits per heavy atom. The van der Waals surface area contributed by atoms with Crippen molar-refractivity contribution in [3.05, 3.63) is 53.2 Å². The van der Waals surface area contributed by atoms with Gasteiger partial charge in [0.25, 0.3) is 0 Å². The Balaban J connectivity index is 2.22. The Hall–Kier alpha value is -1.54. The first-order valence-corrected chi connectivity index (χ1v) is 5.09. The summed E-state index contributed by atoms with van der Waals surface area (Å²) in [6, 6.07) is 13.7. The van der Waals surface area contributed by atoms with Crippen LogP contribution in [0, 0.1) is 6.92 Å². The molecule has 2 nitrogen and oxygen atoms in total. The molecule has 1 aromatic heterocycles. The van der Waals surface area contributed by atoms with Gasteiger partial charge < -0.3 is 5.32 Å². The highest BCUT2D eigenvalue weighted by molar-refractivity contribution is 6.30. The van der Waals surface area contributed by atoms with E-state index in [9.17, 15) is 0 Å². The molecule has 0 amide bonds. The molecule has 0 bridgehead atoms. The van der Waals surface area contributed by atoms with Crippen LogP contribution in [0.4, 0.5) is 11.5 Å². The summed E-state index contributed by atoms with van der Waals surface area (Å²) >= 11 is 5.93. The van der Waals surface area contributed by atoms with E-state index in [0.717, 1.165) is 17.1 Å². The molecule has 1 N–H and O–H groups in total. The molecule has 0 saturated carbocycles. The summed E-state index contributed by atoms with van der Waals surface area (Å²) in [5.74, 6) is 0.761. The molecule has 0 unspecified atom stereocenters. The summed E-state index contributed by atoms with van der Waals surface area (Å²) in [6.07, 6.45) is 0. The number of hydrogen-bond donors (Lipinski definition) is 1. The van der Waals surface area contributed by atoms with Crippen LogP contribution in [0.5, 0.6) is 0 Å². The lowest BCUT2D eigenvalue weighted by Gasteiger charge is -2.06. The fourth-order valence-corrected chi connectivity index (χ4v) is 1.40. The number of nitrogens with zero attached hydrogens (tertiary/aromatic N) is 1. The van der Waals surface area contributed by atoms with E-state index < -0.39 is 0 Å². The van der Waals surface area contributed by atoms with Gasteiger partial charge in [0.05, 0.1) is 0 Å². The topological polar surface area (TPSA) is 24.9 Å². The quantitative estimate of drug-likeness (QED) is 0.776. The number of benzene rings is 1. The molecule has 2 aromatic rings. The van der Waals surface area contributed by atoms with E-state index in [0.29, 0.717) is 5.15 Å². The van der Waals surface area contributed by atoms with E-state index in [1.54, 1.807) is 0 Å². The number of para-hydroxylation sites is 1. The zero-order valence-electron chi connectivity index (χ0n) is 8.37. The third-order valence-electron chi connectivity index (χ3n) is 2.08. The Morgan fingerprint density at radius 3 is 2.47 bits per heavy atom. The summed E-state index contributed by atoms with van der Waals surface area (Å²) in [5, 5.41) is 3.71. The van der Waals surface area contributed by atoms with Crippen molar-refractivity contribution >= 4 is 23.1 Å². The first-order valence-electron chi connectivity index (χ1n) is 4.71. The Bertz CT molecular complexity index is 454. The first kappa shape index (κ1) is 9.99. The number of pyridine rings is 1. The molecule has 0 fully saturated rings. The van der Waals surface area contributed by atoms with Gasteiger partial charge in [-0.3, -0.25) is 0 Å². The van der Waals surface area contributed by atoms with Gasteiger partial charge in [-0.1, -0.05) is 35.9 Å². The zero-order chi connectivity index (χ0) is 10.7. The molecule has 0 saturated heterocycles. The van der Waals surface area contributed by atoms with E-state index in [4.69, 9.17) is 11.6 Å². The van der Waals surface area contributed by atoms with Gasteiger partial charge in [-0.15, -0.1) is 0 Å². The number of nitrogens with one attached hydrogen (secondary N) is 1. The maximum Gasteiger partial charge on any atom is 0.134 e. The van der Waals surface area contributed by atoms with Gasteiger partial charge in [-0.25, -0.2) is 4.98 Å². The molecular weight excluding hydrogens is 208 g/mol. The molecule has 0 radical (unpaired) electrons. The minimum absolute atomic E-state index is 0.538. The minimum Gasteiger partial charge on any atom is -0.340 e. The van der Waals surface area contributed by atoms with E-state index in [1.165, 1.54) is 0 Å². The highest BCUT2D eigenvalue weighted by Crippen LogP contribution is 2.18. The van der Waals surface area contributed by atoms with Gasteiger partial charge in [0.15, 0.2) is 0 Å². The number of rotatable bonds is 2. The summed E-state index contributed by atoms with van der Waals surface area (Å²) in [5.41, 5.74) is 1.99. The molecular formula is C12H11ClN2. The Labute approximate surface area is 93.9 Å². The molecule has 1 aromatic carbocycles. The van der Waals surface area contributed by atoms with Crippen LogP contribution < -0.4 is 5.32 Å². The van der Waals surface area contributed by atoms with Crippen LogP contribution in [-0.2, 0) is 0 Å². The second-order valence-corrected chi connectivity index (χ2v) is 3.65. The second kappa shape index (κ2) is 4.32. The highest BCUT2D eigenvalue weighted by atomic mass is 35.5. The SMILES string of the molecule is Cc1ccc(Nc2ccccc2)nc1Cl. The fourth-order valence-electron chi connectivity index (χ4n) is 1.24. The van der Waals surface area contributed by atoms with Crippen LogP contribution in [0.15, 0.2) is 42.5 Å². The minimum atomic E-state index is 0.538. The highest BCUT2D eigenvalue weighted by Gasteiger charge is 1.99. The average molecular weight is 219 g/mol. The Kier molecular flexibility index (Phi) is 2.88. The molecule has 0 aliphatic rings. The van der Waals surface area contributed by atoms with Gasteiger partial charge in [0.2, 0.25) is 0 Å². The van der Waals surface area contributed by atoms with Crippen molar-refractivity contribution < 1.29 is 0 Å². The third kappa shape index (κ3) is 2.48. The second-order valence-electron chi connectivity index (χ2n) is 3.30. The van der Waals surface area contributed by atoms with Crippen molar-refractivity contribution in [2.24, 2.45) is 0 Å². The number of hydrogen-bond acceptors (Lipinski definition) is 2. The first-order chi connectivity index (χ1) is 7.25. The molecule has 0 aliphatic heterocycles. The molecule has 0 aliphatic carbocycles. The van der Waals surface area contributed by atoms with E-state index >= 15 is 0 Å². The molecule has 0 spiro atoms. The summed E-state index contributed by atoms with van der Waals surface area (Å²) in [6.45, 7) is 1.93. The fraction of sp³-hybridized carbons (Fsp3) is 0.0833. The van der Waals surface area contributed by atoms with Gasteiger partial charge in [-0.2, -0.15) is 0 Å². The standard InChI is InChI=1S/C12H11ClN2/c1-9-7-8-11(15-12(9)13)14-10-5-3-2-4-6-10/h2-8H,1H3,(H,14,15). The zero-order valence-corrected chi connectivity index (χ0v) is 9.12. The van der Waals surface area contributed by atoms with Gasteiger partial charge in [0, 0.05) is 5.69 Å². The van der Waals surface area contributed by atoms with Crippen LogP contribution in [0.3, 0.4) is 0 Å². The van der Waals surface area contributed by atoms with Crippen molar-refractivity contribution in [1.29, 1.82) is 0 Å². The van der Waals surface area contributed by atoms with E-state index in [1.807, 2.05) is 49.4 Å². The summed E-state index contributed by atoms with van der Waals surface area (Å²) in [7, 11) is 0. The van der Waals surface area contributed by atoms with E-state index in [2.05, 4.69) is 10.3 Å². The number of anilines is 2. The van der Waals surface area contributed by atoms with Gasteiger partial charge in [-0.05, 0) is 30.7 Å². The molecule has 3 heteroatoms. The normalized spacial score (nSPS) is 10.0. The maximum absolute atomic E-state index is 5.93. The molecule has 76 valence electrons. The lowest BCUT2D eigenvalue weighted by atomic mass is 10.3. The number of halogens is 1. The van der Waals surface area contributed by atoms with E-state index in [-0.39, 0.29) is 0 Å². The van der Waals surface area contributed by atoms with Crippen LogP contribution in [0.1, 0.15) is 5.56 Å². The summed E-state index contributed by atoms with van der Waals surface area (Å²) in [4.78, 5) is 4.22. The Morgan fingerprint density at radius 2 is 1.80 bits per heavy atom. The predicted molar refractivity (Wildman–Crippen MR) is 63.7 cm³/mol. The monoisotopic (exact) mass is 218 g/mol. The van der Waals surface area contributed by atoms with Crippen LogP contribution in [-0.4, -0.2) is 4.98 Å². The molecule has 1 heterocycles. The van der Waals surface area contributed by atoms with Crippen molar-refractivity contribution in [3.63, 3.8) is 0 Å². The van der Waals surface area contributed by atoms with Gasteiger partial charge >= 0.3 is 0 Å². The van der Waals surface area contributed by atoms with Crippen LogP contribution in [0.2, 0.25) is 5.15 Å². The van der Waals surface area contributed by atoms with Crippen LogP contribution >= 0.6 is 11.6 Å².